The van der Waals surface area contributed by atoms with Crippen molar-refractivity contribution in [3.63, 3.8) is 0 Å². The zero-order chi connectivity index (χ0) is 29.6. The molecule has 3 saturated carbocycles. The van der Waals surface area contributed by atoms with Crippen molar-refractivity contribution in [2.75, 3.05) is 6.54 Å². The van der Waals surface area contributed by atoms with Crippen LogP contribution in [0.25, 0.3) is 0 Å². The van der Waals surface area contributed by atoms with E-state index in [0.717, 1.165) is 44.9 Å². The van der Waals surface area contributed by atoms with Gasteiger partial charge in [0.1, 0.15) is 12.1 Å². The van der Waals surface area contributed by atoms with Crippen LogP contribution in [-0.2, 0) is 19.2 Å². The molecule has 1 heterocycles. The molecular weight excluding hydrogens is 526 g/mol. The van der Waals surface area contributed by atoms with Crippen LogP contribution in [0.3, 0.4) is 0 Å². The first kappa shape index (κ1) is 30.2. The Morgan fingerprint density at radius 3 is 2.15 bits per heavy atom. The van der Waals surface area contributed by atoms with Gasteiger partial charge in [-0.05, 0) is 61.7 Å². The van der Waals surface area contributed by atoms with E-state index in [2.05, 4.69) is 16.0 Å². The summed E-state index contributed by atoms with van der Waals surface area (Å²) in [6, 6.07) is -3.71. The SMILES string of the molecule is CC(F)(F)CC[C@H](NC(=O)[C@@H]1[C@@H]2[C@H](CN1C(=O)[C@@H](NC(=O)O)C(C)(C)C)C21CCCCC1)C(=O)C(=O)NC1CC1. The summed E-state index contributed by atoms with van der Waals surface area (Å²) in [5.41, 5.74) is -0.897. The van der Waals surface area contributed by atoms with Gasteiger partial charge in [0.2, 0.25) is 23.5 Å². The highest BCUT2D eigenvalue weighted by Gasteiger charge is 2.73. The molecule has 5 atom stereocenters. The molecule has 12 heteroatoms. The number of carbonyl (C=O) groups excluding carboxylic acids is 4. The molecule has 0 bridgehead atoms. The Bertz CT molecular complexity index is 1040. The smallest absolute Gasteiger partial charge is 0.405 e. The quantitative estimate of drug-likeness (QED) is 0.298. The summed E-state index contributed by atoms with van der Waals surface area (Å²) in [6.45, 7) is 6.15. The normalized spacial score (nSPS) is 26.9. The van der Waals surface area contributed by atoms with Crippen molar-refractivity contribution >= 4 is 29.6 Å². The molecule has 10 nitrogen and oxygen atoms in total. The zero-order valence-corrected chi connectivity index (χ0v) is 23.7. The first-order chi connectivity index (χ1) is 18.5. The lowest BCUT2D eigenvalue weighted by Crippen LogP contribution is -2.60. The van der Waals surface area contributed by atoms with Crippen LogP contribution < -0.4 is 16.0 Å². The molecule has 1 aliphatic heterocycles. The van der Waals surface area contributed by atoms with E-state index >= 15 is 0 Å². The van der Waals surface area contributed by atoms with Crippen LogP contribution in [-0.4, -0.2) is 76.2 Å². The number of carbonyl (C=O) groups is 5. The molecule has 0 aromatic carbocycles. The lowest BCUT2D eigenvalue weighted by molar-refractivity contribution is -0.145. The maximum Gasteiger partial charge on any atom is 0.405 e. The lowest BCUT2D eigenvalue weighted by Gasteiger charge is -2.39. The van der Waals surface area contributed by atoms with E-state index in [1.165, 1.54) is 4.90 Å². The molecule has 0 radical (unpaired) electrons. The fourth-order valence-corrected chi connectivity index (χ4v) is 6.91. The summed E-state index contributed by atoms with van der Waals surface area (Å²) in [7, 11) is 0. The second-order valence-electron chi connectivity index (χ2n) is 13.4. The number of piperidine rings is 1. The van der Waals surface area contributed by atoms with Crippen LogP contribution in [0.5, 0.6) is 0 Å². The summed E-state index contributed by atoms with van der Waals surface area (Å²) in [6.07, 6.45) is 3.89. The topological polar surface area (TPSA) is 145 Å². The molecule has 0 aromatic heterocycles. The molecule has 0 unspecified atom stereocenters. The third-order valence-electron chi connectivity index (χ3n) is 9.15. The van der Waals surface area contributed by atoms with Gasteiger partial charge in [0, 0.05) is 19.0 Å². The number of nitrogens with zero attached hydrogens (tertiary/aromatic N) is 1. The van der Waals surface area contributed by atoms with Gasteiger partial charge in [-0.25, -0.2) is 13.6 Å². The molecule has 4 fully saturated rings. The van der Waals surface area contributed by atoms with Gasteiger partial charge >= 0.3 is 6.09 Å². The van der Waals surface area contributed by atoms with Gasteiger partial charge in [0.15, 0.2) is 0 Å². The molecule has 0 aromatic rings. The number of likely N-dealkylation sites (tertiary alicyclic amines) is 1. The Kier molecular flexibility index (Phi) is 8.21. The summed E-state index contributed by atoms with van der Waals surface area (Å²) in [5.74, 6) is -6.33. The van der Waals surface area contributed by atoms with Crippen molar-refractivity contribution in [2.45, 2.75) is 116 Å². The molecule has 40 heavy (non-hydrogen) atoms. The molecule has 1 spiro atoms. The Hall–Kier alpha value is -2.79. The van der Waals surface area contributed by atoms with Crippen LogP contribution >= 0.6 is 0 Å². The second kappa shape index (κ2) is 10.9. The monoisotopic (exact) mass is 568 g/mol. The average molecular weight is 569 g/mol. The minimum Gasteiger partial charge on any atom is -0.465 e. The van der Waals surface area contributed by atoms with Gasteiger partial charge in [-0.3, -0.25) is 19.2 Å². The highest BCUT2D eigenvalue weighted by Crippen LogP contribution is 2.71. The number of Topliss-reactive ketones (excluding diaryl/α,β-unsaturated/α-hetero) is 1. The molecule has 1 saturated heterocycles. The Morgan fingerprint density at radius 1 is 1.00 bits per heavy atom. The van der Waals surface area contributed by atoms with E-state index in [0.29, 0.717) is 6.92 Å². The Balaban J connectivity index is 1.59. The van der Waals surface area contributed by atoms with Gasteiger partial charge in [0.05, 0.1) is 6.04 Å². The van der Waals surface area contributed by atoms with Crippen molar-refractivity contribution in [2.24, 2.45) is 22.7 Å². The van der Waals surface area contributed by atoms with Gasteiger partial charge in [-0.15, -0.1) is 0 Å². The first-order valence-electron chi connectivity index (χ1n) is 14.4. The Morgan fingerprint density at radius 2 is 1.62 bits per heavy atom. The molecular formula is C28H42F2N4O6. The summed E-state index contributed by atoms with van der Waals surface area (Å²) >= 11 is 0. The summed E-state index contributed by atoms with van der Waals surface area (Å²) < 4.78 is 27.5. The van der Waals surface area contributed by atoms with Crippen LogP contribution in [0.1, 0.15) is 85.5 Å². The molecule has 4 rings (SSSR count). The van der Waals surface area contributed by atoms with E-state index in [-0.39, 0.29) is 29.8 Å². The standard InChI is InChI=1S/C28H42F2N4O6/c1-26(2,3)21(33-25(39)40)24(38)34-14-16-18(28(16)11-6-5-7-12-28)19(34)22(36)32-17(10-13-27(4,29)30)20(35)23(37)31-15-8-9-15/h15-19,21,33H,5-14H2,1-4H3,(H,31,37)(H,32,36)(H,39,40)/t16-,17-,18-,19-,21+/m0/s1. The number of nitrogens with one attached hydrogen (secondary N) is 3. The van der Waals surface area contributed by atoms with E-state index < -0.39 is 71.9 Å². The third kappa shape index (κ3) is 6.40. The van der Waals surface area contributed by atoms with E-state index in [9.17, 15) is 37.9 Å². The maximum atomic E-state index is 13.9. The fraction of sp³-hybridized carbons (Fsp3) is 0.821. The Labute approximate surface area is 233 Å². The fourth-order valence-electron chi connectivity index (χ4n) is 6.91. The first-order valence-corrected chi connectivity index (χ1v) is 14.4. The number of fused-ring (bicyclic) bond motifs is 3. The molecule has 3 aliphatic carbocycles. The zero-order valence-electron chi connectivity index (χ0n) is 23.7. The number of amides is 4. The highest BCUT2D eigenvalue weighted by atomic mass is 19.3. The minimum absolute atomic E-state index is 0.0604. The number of hydrogen-bond donors (Lipinski definition) is 4. The minimum atomic E-state index is -3.11. The predicted molar refractivity (Wildman–Crippen MR) is 140 cm³/mol. The van der Waals surface area contributed by atoms with Crippen LogP contribution in [0.2, 0.25) is 0 Å². The van der Waals surface area contributed by atoms with E-state index in [1.54, 1.807) is 20.8 Å². The molecule has 224 valence electrons. The predicted octanol–water partition coefficient (Wildman–Crippen LogP) is 2.84. The molecule has 4 amide bonds. The number of halogens is 2. The number of rotatable bonds is 10. The number of alkyl halides is 2. The number of carboxylic acid groups (broad SMARTS) is 1. The average Bonchev–Trinajstić information content (AvgIpc) is 3.72. The van der Waals surface area contributed by atoms with Crippen molar-refractivity contribution in [1.82, 2.24) is 20.9 Å². The molecule has 4 N–H and O–H groups in total. The van der Waals surface area contributed by atoms with Gasteiger partial charge < -0.3 is 26.0 Å². The highest BCUT2D eigenvalue weighted by molar-refractivity contribution is 6.38. The number of hydrogen-bond acceptors (Lipinski definition) is 5. The van der Waals surface area contributed by atoms with Crippen molar-refractivity contribution in [3.05, 3.63) is 0 Å². The van der Waals surface area contributed by atoms with Crippen molar-refractivity contribution < 1.29 is 37.9 Å². The maximum absolute atomic E-state index is 13.9. The molecule has 4 aliphatic rings. The third-order valence-corrected chi connectivity index (χ3v) is 9.15. The van der Waals surface area contributed by atoms with Crippen LogP contribution in [0.4, 0.5) is 13.6 Å². The number of ketones is 1. The van der Waals surface area contributed by atoms with E-state index in [4.69, 9.17) is 0 Å². The largest absolute Gasteiger partial charge is 0.465 e. The van der Waals surface area contributed by atoms with Crippen LogP contribution in [0.15, 0.2) is 0 Å². The van der Waals surface area contributed by atoms with Gasteiger partial charge in [-0.2, -0.15) is 0 Å². The second-order valence-corrected chi connectivity index (χ2v) is 13.4. The van der Waals surface area contributed by atoms with Crippen molar-refractivity contribution in [1.29, 1.82) is 0 Å². The van der Waals surface area contributed by atoms with Gasteiger partial charge in [-0.1, -0.05) is 40.0 Å². The van der Waals surface area contributed by atoms with Gasteiger partial charge in [0.25, 0.3) is 5.91 Å². The summed E-state index contributed by atoms with van der Waals surface area (Å²) in [4.78, 5) is 66.1. The van der Waals surface area contributed by atoms with E-state index in [1.807, 2.05) is 0 Å². The van der Waals surface area contributed by atoms with Crippen molar-refractivity contribution in [3.8, 4) is 0 Å². The lowest BCUT2D eigenvalue weighted by atomic mass is 9.80. The van der Waals surface area contributed by atoms with Crippen LogP contribution in [0, 0.1) is 22.7 Å². The summed E-state index contributed by atoms with van der Waals surface area (Å²) in [5, 5.41) is 16.8.